The summed E-state index contributed by atoms with van der Waals surface area (Å²) >= 11 is 1.47. The number of nitrogens with zero attached hydrogens (tertiary/aromatic N) is 1. The van der Waals surface area contributed by atoms with Gasteiger partial charge in [0.2, 0.25) is 10.0 Å². The topological polar surface area (TPSA) is 88.2 Å². The number of terminal acetylenes is 1. The highest BCUT2D eigenvalue weighted by atomic mass is 32.2. The third-order valence-electron chi connectivity index (χ3n) is 3.59. The number of aryl methyl sites for hydroxylation is 2. The predicted molar refractivity (Wildman–Crippen MR) is 92.6 cm³/mol. The van der Waals surface area contributed by atoms with Gasteiger partial charge < -0.3 is 0 Å². The first kappa shape index (κ1) is 16.6. The van der Waals surface area contributed by atoms with E-state index in [1.807, 2.05) is 0 Å². The molecule has 0 saturated carbocycles. The number of rotatable bonds is 5. The molecule has 2 aromatic rings. The van der Waals surface area contributed by atoms with Crippen LogP contribution >= 0.6 is 11.3 Å². The Balaban J connectivity index is 1.78. The Kier molecular flexibility index (Phi) is 4.66. The molecule has 24 heavy (non-hydrogen) atoms. The second-order valence-corrected chi connectivity index (χ2v) is 8.10. The third-order valence-corrected chi connectivity index (χ3v) is 6.06. The van der Waals surface area contributed by atoms with Crippen molar-refractivity contribution in [2.24, 2.45) is 0 Å². The minimum Gasteiger partial charge on any atom is -0.298 e. The minimum atomic E-state index is -3.73. The number of benzene rings is 1. The first-order valence-corrected chi connectivity index (χ1v) is 9.63. The first-order chi connectivity index (χ1) is 11.5. The van der Waals surface area contributed by atoms with E-state index in [2.05, 4.69) is 20.9 Å². The van der Waals surface area contributed by atoms with Gasteiger partial charge in [0.15, 0.2) is 5.13 Å². The summed E-state index contributed by atoms with van der Waals surface area (Å²) in [5.41, 5.74) is 1.29. The van der Waals surface area contributed by atoms with Crippen LogP contribution in [0.25, 0.3) is 0 Å². The number of carbonyl (C=O) groups is 1. The van der Waals surface area contributed by atoms with Gasteiger partial charge in [-0.3, -0.25) is 10.1 Å². The molecule has 0 atom stereocenters. The van der Waals surface area contributed by atoms with Crippen LogP contribution in [-0.2, 0) is 22.9 Å². The van der Waals surface area contributed by atoms with E-state index in [-0.39, 0.29) is 17.0 Å². The zero-order chi connectivity index (χ0) is 17.2. The first-order valence-electron chi connectivity index (χ1n) is 7.33. The average Bonchev–Trinajstić information content (AvgIpc) is 3.14. The van der Waals surface area contributed by atoms with Gasteiger partial charge in [0.1, 0.15) is 0 Å². The van der Waals surface area contributed by atoms with Crippen LogP contribution in [0.2, 0.25) is 0 Å². The lowest BCUT2D eigenvalue weighted by Crippen LogP contribution is -2.24. The Morgan fingerprint density at radius 3 is 2.96 bits per heavy atom. The molecule has 0 saturated heterocycles. The number of nitrogens with one attached hydrogen (secondary N) is 2. The van der Waals surface area contributed by atoms with Crippen LogP contribution in [-0.4, -0.2) is 25.9 Å². The summed E-state index contributed by atoms with van der Waals surface area (Å²) in [6.07, 6.45) is 8.10. The summed E-state index contributed by atoms with van der Waals surface area (Å²) in [6.45, 7) is -0.108. The molecule has 0 radical (unpaired) electrons. The summed E-state index contributed by atoms with van der Waals surface area (Å²) in [5, 5.41) is 3.28. The number of thiazole rings is 1. The largest absolute Gasteiger partial charge is 0.298 e. The molecule has 1 amide bonds. The average molecular weight is 361 g/mol. The molecule has 8 heteroatoms. The molecular weight excluding hydrogens is 346 g/mol. The second-order valence-electron chi connectivity index (χ2n) is 5.25. The van der Waals surface area contributed by atoms with Gasteiger partial charge >= 0.3 is 0 Å². The maximum absolute atomic E-state index is 12.3. The van der Waals surface area contributed by atoms with Gasteiger partial charge in [-0.15, -0.1) is 17.8 Å². The lowest BCUT2D eigenvalue weighted by molar-refractivity contribution is 0.102. The van der Waals surface area contributed by atoms with Crippen molar-refractivity contribution >= 4 is 32.4 Å². The van der Waals surface area contributed by atoms with E-state index in [1.165, 1.54) is 34.4 Å². The van der Waals surface area contributed by atoms with Crippen LogP contribution < -0.4 is 10.0 Å². The minimum absolute atomic E-state index is 0.00738. The Labute approximate surface area is 144 Å². The summed E-state index contributed by atoms with van der Waals surface area (Å²) in [5.74, 6) is 1.81. The molecule has 6 nitrogen and oxygen atoms in total. The fourth-order valence-corrected chi connectivity index (χ4v) is 4.46. The number of aromatic nitrogens is 1. The molecule has 0 aliphatic heterocycles. The van der Waals surface area contributed by atoms with Crippen LogP contribution in [0.15, 0.2) is 29.2 Å². The van der Waals surface area contributed by atoms with Crippen molar-refractivity contribution in [3.05, 3.63) is 40.4 Å². The van der Waals surface area contributed by atoms with Crippen molar-refractivity contribution in [2.45, 2.75) is 24.2 Å². The van der Waals surface area contributed by atoms with Crippen LogP contribution in [0.4, 0.5) is 5.13 Å². The fourth-order valence-electron chi connectivity index (χ4n) is 2.44. The molecule has 1 aliphatic rings. The fraction of sp³-hybridized carbons (Fsp3) is 0.250. The lowest BCUT2D eigenvalue weighted by Gasteiger charge is -2.06. The number of anilines is 1. The van der Waals surface area contributed by atoms with Crippen LogP contribution in [0.3, 0.4) is 0 Å². The molecule has 0 spiro atoms. The van der Waals surface area contributed by atoms with E-state index in [0.29, 0.717) is 5.13 Å². The highest BCUT2D eigenvalue weighted by Crippen LogP contribution is 2.30. The zero-order valence-electron chi connectivity index (χ0n) is 12.7. The molecule has 2 N–H and O–H groups in total. The maximum atomic E-state index is 12.3. The van der Waals surface area contributed by atoms with Crippen molar-refractivity contribution in [2.75, 3.05) is 11.9 Å². The normalized spacial score (nSPS) is 13.3. The van der Waals surface area contributed by atoms with Gasteiger partial charge in [-0.1, -0.05) is 12.0 Å². The molecule has 124 valence electrons. The monoisotopic (exact) mass is 361 g/mol. The van der Waals surface area contributed by atoms with E-state index in [0.717, 1.165) is 25.0 Å². The summed E-state index contributed by atoms with van der Waals surface area (Å²) in [4.78, 5) is 17.9. The van der Waals surface area contributed by atoms with Gasteiger partial charge in [0.25, 0.3) is 5.91 Å². The van der Waals surface area contributed by atoms with Gasteiger partial charge in [0.05, 0.1) is 17.1 Å². The van der Waals surface area contributed by atoms with Gasteiger partial charge in [-0.2, -0.15) is 4.72 Å². The van der Waals surface area contributed by atoms with Crippen molar-refractivity contribution in [1.82, 2.24) is 9.71 Å². The van der Waals surface area contributed by atoms with E-state index in [4.69, 9.17) is 6.42 Å². The zero-order valence-corrected chi connectivity index (χ0v) is 14.3. The van der Waals surface area contributed by atoms with Crippen LogP contribution in [0.1, 0.15) is 27.3 Å². The molecule has 0 unspecified atom stereocenters. The van der Waals surface area contributed by atoms with Gasteiger partial charge in [-0.25, -0.2) is 13.4 Å². The van der Waals surface area contributed by atoms with E-state index in [1.54, 1.807) is 6.07 Å². The standard InChI is InChI=1S/C16H15N3O3S2/c1-2-9-17-24(21,22)12-6-3-5-11(10-12)15(20)19-16-18-13-7-4-8-14(13)23-16/h1,3,5-6,10,17H,4,7-9H2,(H,18,19,20). The molecule has 1 aromatic carbocycles. The maximum Gasteiger partial charge on any atom is 0.257 e. The third kappa shape index (κ3) is 3.48. The molecule has 0 fully saturated rings. The summed E-state index contributed by atoms with van der Waals surface area (Å²) in [6, 6.07) is 5.79. The van der Waals surface area contributed by atoms with Crippen molar-refractivity contribution in [1.29, 1.82) is 0 Å². The Hall–Kier alpha value is -2.21. The SMILES string of the molecule is C#CCNS(=O)(=O)c1cccc(C(=O)Nc2nc3c(s2)CCC3)c1. The Bertz CT molecular complexity index is 905. The van der Waals surface area contributed by atoms with Crippen molar-refractivity contribution in [3.8, 4) is 12.3 Å². The van der Waals surface area contributed by atoms with Crippen LogP contribution in [0, 0.1) is 12.3 Å². The molecule has 0 bridgehead atoms. The van der Waals surface area contributed by atoms with Gasteiger partial charge in [0, 0.05) is 10.4 Å². The number of hydrogen-bond acceptors (Lipinski definition) is 5. The number of fused-ring (bicyclic) bond motifs is 1. The Morgan fingerprint density at radius 1 is 1.38 bits per heavy atom. The predicted octanol–water partition coefficient (Wildman–Crippen LogP) is 1.80. The highest BCUT2D eigenvalue weighted by molar-refractivity contribution is 7.89. The Morgan fingerprint density at radius 2 is 2.21 bits per heavy atom. The lowest BCUT2D eigenvalue weighted by atomic mass is 10.2. The van der Waals surface area contributed by atoms with Crippen molar-refractivity contribution < 1.29 is 13.2 Å². The van der Waals surface area contributed by atoms with E-state index < -0.39 is 15.9 Å². The summed E-state index contributed by atoms with van der Waals surface area (Å²) < 4.78 is 26.4. The second kappa shape index (κ2) is 6.73. The highest BCUT2D eigenvalue weighted by Gasteiger charge is 2.19. The van der Waals surface area contributed by atoms with Crippen LogP contribution in [0.5, 0.6) is 0 Å². The quantitative estimate of drug-likeness (QED) is 0.795. The number of carbonyl (C=O) groups excluding carboxylic acids is 1. The molecule has 1 aromatic heterocycles. The molecule has 3 rings (SSSR count). The summed E-state index contributed by atoms with van der Waals surface area (Å²) in [7, 11) is -3.73. The number of amides is 1. The molecule has 1 heterocycles. The smallest absolute Gasteiger partial charge is 0.257 e. The molecular formula is C16H15N3O3S2. The van der Waals surface area contributed by atoms with E-state index in [9.17, 15) is 13.2 Å². The van der Waals surface area contributed by atoms with Crippen molar-refractivity contribution in [3.63, 3.8) is 0 Å². The molecule has 1 aliphatic carbocycles. The van der Waals surface area contributed by atoms with Gasteiger partial charge in [-0.05, 0) is 37.5 Å². The number of hydrogen-bond donors (Lipinski definition) is 2. The van der Waals surface area contributed by atoms with E-state index >= 15 is 0 Å². The number of sulfonamides is 1.